The van der Waals surface area contributed by atoms with Crippen molar-refractivity contribution in [2.45, 2.75) is 26.2 Å². The van der Waals surface area contributed by atoms with Gasteiger partial charge in [-0.2, -0.15) is 0 Å². The van der Waals surface area contributed by atoms with E-state index in [9.17, 15) is 9.59 Å². The molecule has 0 bridgehead atoms. The lowest BCUT2D eigenvalue weighted by Gasteiger charge is -2.21. The Hall–Kier alpha value is -2.55. The van der Waals surface area contributed by atoms with Crippen molar-refractivity contribution in [3.05, 3.63) is 76.1 Å². The van der Waals surface area contributed by atoms with Crippen LogP contribution in [0.25, 0.3) is 0 Å². The molecule has 0 amide bonds. The number of carbonyl (C=O) groups excluding carboxylic acids is 2. The lowest BCUT2D eigenvalue weighted by Crippen LogP contribution is -2.24. The fourth-order valence-corrected chi connectivity index (χ4v) is 3.21. The SMILES string of the molecule is Cc1ccc(CC2=C(C3CC3)C(=O)c3ccccc3C2=O)nc1. The van der Waals surface area contributed by atoms with Crippen molar-refractivity contribution in [2.24, 2.45) is 5.92 Å². The monoisotopic (exact) mass is 303 g/mol. The molecule has 114 valence electrons. The van der Waals surface area contributed by atoms with E-state index >= 15 is 0 Å². The van der Waals surface area contributed by atoms with Gasteiger partial charge in [0.05, 0.1) is 0 Å². The van der Waals surface area contributed by atoms with Crippen LogP contribution in [0.15, 0.2) is 53.7 Å². The van der Waals surface area contributed by atoms with Crippen molar-refractivity contribution in [3.8, 4) is 0 Å². The summed E-state index contributed by atoms with van der Waals surface area (Å²) in [5.74, 6) is 0.273. The largest absolute Gasteiger partial charge is 0.289 e. The van der Waals surface area contributed by atoms with Crippen LogP contribution in [0.4, 0.5) is 0 Å². The van der Waals surface area contributed by atoms with Gasteiger partial charge in [0, 0.05) is 40.6 Å². The lowest BCUT2D eigenvalue weighted by atomic mass is 9.80. The number of Topliss-reactive ketones (excluding diaryl/α,β-unsaturated/α-hetero) is 2. The Morgan fingerprint density at radius 2 is 1.70 bits per heavy atom. The molecule has 0 atom stereocenters. The third-order valence-electron chi connectivity index (χ3n) is 4.58. The van der Waals surface area contributed by atoms with E-state index < -0.39 is 0 Å². The van der Waals surface area contributed by atoms with Gasteiger partial charge in [0.25, 0.3) is 0 Å². The minimum Gasteiger partial charge on any atom is -0.289 e. The molecule has 4 rings (SSSR count). The molecule has 0 saturated heterocycles. The minimum absolute atomic E-state index is 0.00975. The summed E-state index contributed by atoms with van der Waals surface area (Å²) in [7, 11) is 0. The number of benzene rings is 1. The molecule has 23 heavy (non-hydrogen) atoms. The van der Waals surface area contributed by atoms with Crippen molar-refractivity contribution >= 4 is 11.6 Å². The van der Waals surface area contributed by atoms with Gasteiger partial charge in [-0.05, 0) is 37.3 Å². The fourth-order valence-electron chi connectivity index (χ4n) is 3.21. The number of rotatable bonds is 3. The van der Waals surface area contributed by atoms with E-state index in [1.165, 1.54) is 0 Å². The number of aryl methyl sites for hydroxylation is 1. The van der Waals surface area contributed by atoms with Gasteiger partial charge >= 0.3 is 0 Å². The molecule has 2 aliphatic carbocycles. The number of fused-ring (bicyclic) bond motifs is 1. The first-order valence-electron chi connectivity index (χ1n) is 7.98. The van der Waals surface area contributed by atoms with E-state index in [0.29, 0.717) is 23.1 Å². The second-order valence-corrected chi connectivity index (χ2v) is 6.37. The summed E-state index contributed by atoms with van der Waals surface area (Å²) in [4.78, 5) is 30.2. The van der Waals surface area contributed by atoms with Gasteiger partial charge in [-0.1, -0.05) is 30.3 Å². The Labute approximate surface area is 135 Å². The van der Waals surface area contributed by atoms with Crippen LogP contribution >= 0.6 is 0 Å². The summed E-state index contributed by atoms with van der Waals surface area (Å²) in [6.07, 6.45) is 4.24. The second kappa shape index (κ2) is 5.27. The van der Waals surface area contributed by atoms with Crippen LogP contribution in [-0.2, 0) is 6.42 Å². The predicted octanol–water partition coefficient (Wildman–Crippen LogP) is 3.72. The maximum absolute atomic E-state index is 12.9. The zero-order valence-corrected chi connectivity index (χ0v) is 13.0. The quantitative estimate of drug-likeness (QED) is 0.868. The van der Waals surface area contributed by atoms with Crippen molar-refractivity contribution in [1.29, 1.82) is 0 Å². The lowest BCUT2D eigenvalue weighted by molar-refractivity contribution is 0.0968. The Morgan fingerprint density at radius 3 is 2.30 bits per heavy atom. The zero-order valence-electron chi connectivity index (χ0n) is 13.0. The first-order valence-corrected chi connectivity index (χ1v) is 7.98. The molecule has 2 aromatic rings. The number of nitrogens with zero attached hydrogens (tertiary/aromatic N) is 1. The molecule has 3 nitrogen and oxygen atoms in total. The number of pyridine rings is 1. The van der Waals surface area contributed by atoms with Gasteiger partial charge in [0.2, 0.25) is 0 Å². The van der Waals surface area contributed by atoms with Gasteiger partial charge in [-0.3, -0.25) is 14.6 Å². The van der Waals surface area contributed by atoms with E-state index in [-0.39, 0.29) is 17.5 Å². The average Bonchev–Trinajstić information content (AvgIpc) is 3.39. The smallest absolute Gasteiger partial charge is 0.190 e. The first-order chi connectivity index (χ1) is 11.1. The van der Waals surface area contributed by atoms with Crippen molar-refractivity contribution in [2.75, 3.05) is 0 Å². The third-order valence-corrected chi connectivity index (χ3v) is 4.58. The van der Waals surface area contributed by atoms with E-state index in [1.807, 2.05) is 31.2 Å². The molecular formula is C20H17NO2. The van der Waals surface area contributed by atoms with Gasteiger partial charge < -0.3 is 0 Å². The molecule has 0 unspecified atom stereocenters. The number of hydrogen-bond donors (Lipinski definition) is 0. The maximum Gasteiger partial charge on any atom is 0.190 e. The summed E-state index contributed by atoms with van der Waals surface area (Å²) in [6.45, 7) is 1.98. The summed E-state index contributed by atoms with van der Waals surface area (Å²) in [6, 6.07) is 11.1. The highest BCUT2D eigenvalue weighted by Gasteiger charge is 2.39. The van der Waals surface area contributed by atoms with Crippen molar-refractivity contribution in [3.63, 3.8) is 0 Å². The third kappa shape index (κ3) is 2.42. The molecule has 1 aromatic heterocycles. The molecule has 0 spiro atoms. The van der Waals surface area contributed by atoms with Crippen LogP contribution in [0.3, 0.4) is 0 Å². The summed E-state index contributed by atoms with van der Waals surface area (Å²) < 4.78 is 0. The number of hydrogen-bond acceptors (Lipinski definition) is 3. The summed E-state index contributed by atoms with van der Waals surface area (Å²) >= 11 is 0. The number of ketones is 2. The fraction of sp³-hybridized carbons (Fsp3) is 0.250. The Balaban J connectivity index is 1.81. The van der Waals surface area contributed by atoms with Gasteiger partial charge in [-0.25, -0.2) is 0 Å². The van der Waals surface area contributed by atoms with Gasteiger partial charge in [-0.15, -0.1) is 0 Å². The molecule has 0 aliphatic heterocycles. The highest BCUT2D eigenvalue weighted by atomic mass is 16.1. The molecular weight excluding hydrogens is 286 g/mol. The van der Waals surface area contributed by atoms with Crippen molar-refractivity contribution in [1.82, 2.24) is 4.98 Å². The van der Waals surface area contributed by atoms with Crippen LogP contribution in [0.2, 0.25) is 0 Å². The topological polar surface area (TPSA) is 47.0 Å². The second-order valence-electron chi connectivity index (χ2n) is 6.37. The average molecular weight is 303 g/mol. The first kappa shape index (κ1) is 14.1. The Bertz CT molecular complexity index is 842. The molecule has 1 heterocycles. The molecule has 2 aliphatic rings. The molecule has 1 aromatic carbocycles. The van der Waals surface area contributed by atoms with E-state index in [1.54, 1.807) is 18.3 Å². The van der Waals surface area contributed by atoms with E-state index in [0.717, 1.165) is 29.7 Å². The zero-order chi connectivity index (χ0) is 16.0. The summed E-state index contributed by atoms with van der Waals surface area (Å²) in [5, 5.41) is 0. The van der Waals surface area contributed by atoms with Gasteiger partial charge in [0.1, 0.15) is 0 Å². The van der Waals surface area contributed by atoms with Crippen LogP contribution in [0.1, 0.15) is 44.8 Å². The molecule has 1 fully saturated rings. The molecule has 1 saturated carbocycles. The highest BCUT2D eigenvalue weighted by Crippen LogP contribution is 2.43. The maximum atomic E-state index is 12.9. The molecule has 0 radical (unpaired) electrons. The Kier molecular flexibility index (Phi) is 3.22. The number of aromatic nitrogens is 1. The summed E-state index contributed by atoms with van der Waals surface area (Å²) in [5.41, 5.74) is 4.39. The minimum atomic E-state index is -0.00975. The van der Waals surface area contributed by atoms with E-state index in [2.05, 4.69) is 4.98 Å². The van der Waals surface area contributed by atoms with Crippen LogP contribution in [0, 0.1) is 12.8 Å². The standard InChI is InChI=1S/C20H17NO2/c1-12-6-9-14(21-11-12)10-17-18(13-7-8-13)20(23)16-5-3-2-4-15(16)19(17)22/h2-6,9,11,13H,7-8,10H2,1H3. The number of allylic oxidation sites excluding steroid dienone is 2. The molecule has 3 heteroatoms. The van der Waals surface area contributed by atoms with Crippen LogP contribution in [-0.4, -0.2) is 16.6 Å². The Morgan fingerprint density at radius 1 is 1.00 bits per heavy atom. The molecule has 0 N–H and O–H groups in total. The normalized spacial score (nSPS) is 17.4. The van der Waals surface area contributed by atoms with Gasteiger partial charge in [0.15, 0.2) is 11.6 Å². The van der Waals surface area contributed by atoms with Crippen LogP contribution in [0.5, 0.6) is 0 Å². The van der Waals surface area contributed by atoms with E-state index in [4.69, 9.17) is 0 Å². The van der Waals surface area contributed by atoms with Crippen LogP contribution < -0.4 is 0 Å². The highest BCUT2D eigenvalue weighted by molar-refractivity contribution is 6.27. The number of carbonyl (C=O) groups is 2. The van der Waals surface area contributed by atoms with Crippen molar-refractivity contribution < 1.29 is 9.59 Å². The predicted molar refractivity (Wildman–Crippen MR) is 87.5 cm³/mol.